The highest BCUT2D eigenvalue weighted by Crippen LogP contribution is 2.32. The molecule has 7 heteroatoms. The minimum absolute atomic E-state index is 0.123. The van der Waals surface area contributed by atoms with Gasteiger partial charge in [0.1, 0.15) is 5.76 Å². The number of aryl methyl sites for hydroxylation is 1. The van der Waals surface area contributed by atoms with Gasteiger partial charge in [-0.2, -0.15) is 0 Å². The number of amides is 1. The number of carbonyl (C=O) groups is 1. The molecule has 0 spiro atoms. The molecule has 0 unspecified atom stereocenters. The minimum atomic E-state index is -0.207. The van der Waals surface area contributed by atoms with E-state index in [-0.39, 0.29) is 24.2 Å². The molecule has 2 saturated heterocycles. The van der Waals surface area contributed by atoms with Crippen LogP contribution in [0.1, 0.15) is 40.7 Å². The largest absolute Gasteiger partial charge is 0.448 e. The van der Waals surface area contributed by atoms with Gasteiger partial charge in [0.15, 0.2) is 12.1 Å². The van der Waals surface area contributed by atoms with Crippen molar-refractivity contribution in [3.05, 3.63) is 53.7 Å². The van der Waals surface area contributed by atoms with Crippen molar-refractivity contribution < 1.29 is 19.1 Å². The third kappa shape index (κ3) is 3.97. The average Bonchev–Trinajstić information content (AvgIpc) is 3.15. The van der Waals surface area contributed by atoms with Gasteiger partial charge in [-0.3, -0.25) is 4.79 Å². The number of nitrogens with zero attached hydrogens (tertiary/aromatic N) is 3. The fraction of sp³-hybridized carbons (Fsp3) is 0.524. The molecule has 1 aromatic carbocycles. The van der Waals surface area contributed by atoms with Gasteiger partial charge < -0.3 is 24.1 Å². The first-order chi connectivity index (χ1) is 13.6. The number of morpholine rings is 1. The number of piperidine rings is 1. The van der Waals surface area contributed by atoms with E-state index in [1.165, 1.54) is 6.39 Å². The van der Waals surface area contributed by atoms with E-state index < -0.39 is 0 Å². The van der Waals surface area contributed by atoms with Crippen LogP contribution in [0, 0.1) is 6.92 Å². The summed E-state index contributed by atoms with van der Waals surface area (Å²) >= 11 is 0. The standard InChI is InChI=1S/C21H27N3O4/c1-15-19(22-14-28-15)21(26)24-11-12-27-18(13-23-9-7-17(25)8-10-23)20(24)16-5-3-2-4-6-16/h2-6,14,17-18,20,25H,7-13H2,1H3/t18-,20-/m0/s1. The molecule has 2 aliphatic rings. The molecule has 150 valence electrons. The molecule has 2 aliphatic heterocycles. The number of hydrogen-bond acceptors (Lipinski definition) is 6. The summed E-state index contributed by atoms with van der Waals surface area (Å²) in [6.07, 6.45) is 2.54. The van der Waals surface area contributed by atoms with Crippen LogP contribution in [-0.4, -0.2) is 70.8 Å². The van der Waals surface area contributed by atoms with Crippen LogP contribution in [0.5, 0.6) is 0 Å². The second-order valence-corrected chi connectivity index (χ2v) is 7.55. The number of hydrogen-bond donors (Lipinski definition) is 1. The first kappa shape index (κ1) is 19.1. The fourth-order valence-electron chi connectivity index (χ4n) is 4.16. The van der Waals surface area contributed by atoms with E-state index >= 15 is 0 Å². The van der Waals surface area contributed by atoms with Gasteiger partial charge in [-0.1, -0.05) is 30.3 Å². The first-order valence-electron chi connectivity index (χ1n) is 9.91. The van der Waals surface area contributed by atoms with E-state index in [4.69, 9.17) is 9.15 Å². The molecule has 4 rings (SSSR count). The van der Waals surface area contributed by atoms with Crippen molar-refractivity contribution >= 4 is 5.91 Å². The van der Waals surface area contributed by atoms with Gasteiger partial charge in [0, 0.05) is 26.2 Å². The molecular weight excluding hydrogens is 358 g/mol. The Balaban J connectivity index is 1.60. The van der Waals surface area contributed by atoms with Crippen LogP contribution in [0.4, 0.5) is 0 Å². The number of ether oxygens (including phenoxy) is 1. The molecule has 1 aromatic heterocycles. The molecule has 1 amide bonds. The zero-order chi connectivity index (χ0) is 19.5. The Labute approximate surface area is 164 Å². The Kier molecular flexibility index (Phi) is 5.75. The number of rotatable bonds is 4. The van der Waals surface area contributed by atoms with Gasteiger partial charge in [-0.25, -0.2) is 4.98 Å². The Morgan fingerprint density at radius 2 is 1.96 bits per heavy atom. The molecule has 0 radical (unpaired) electrons. The quantitative estimate of drug-likeness (QED) is 0.868. The number of aliphatic hydroxyl groups excluding tert-OH is 1. The number of aliphatic hydroxyl groups is 1. The van der Waals surface area contributed by atoms with Crippen LogP contribution in [-0.2, 0) is 4.74 Å². The second kappa shape index (κ2) is 8.43. The summed E-state index contributed by atoms with van der Waals surface area (Å²) in [6, 6.07) is 9.85. The summed E-state index contributed by atoms with van der Waals surface area (Å²) in [6.45, 7) is 5.19. The zero-order valence-electron chi connectivity index (χ0n) is 16.2. The Bertz CT molecular complexity index is 786. The van der Waals surface area contributed by atoms with E-state index in [0.717, 1.165) is 38.0 Å². The number of aromatic nitrogens is 1. The molecule has 1 N–H and O–H groups in total. The highest BCUT2D eigenvalue weighted by molar-refractivity contribution is 5.93. The summed E-state index contributed by atoms with van der Waals surface area (Å²) < 4.78 is 11.4. The molecule has 28 heavy (non-hydrogen) atoms. The van der Waals surface area contributed by atoms with E-state index in [2.05, 4.69) is 9.88 Å². The lowest BCUT2D eigenvalue weighted by Gasteiger charge is -2.43. The van der Waals surface area contributed by atoms with Gasteiger partial charge in [0.25, 0.3) is 5.91 Å². The lowest BCUT2D eigenvalue weighted by Crippen LogP contribution is -2.53. The molecule has 3 heterocycles. The number of oxazole rings is 1. The van der Waals surface area contributed by atoms with Gasteiger partial charge in [0.05, 0.1) is 24.9 Å². The van der Waals surface area contributed by atoms with Crippen LogP contribution in [0.3, 0.4) is 0 Å². The van der Waals surface area contributed by atoms with E-state index in [1.54, 1.807) is 6.92 Å². The normalized spacial score (nSPS) is 24.4. The molecule has 2 fully saturated rings. The molecule has 0 bridgehead atoms. The number of likely N-dealkylation sites (tertiary alicyclic amines) is 1. The van der Waals surface area contributed by atoms with Gasteiger partial charge in [-0.15, -0.1) is 0 Å². The van der Waals surface area contributed by atoms with Crippen molar-refractivity contribution in [3.63, 3.8) is 0 Å². The van der Waals surface area contributed by atoms with Gasteiger partial charge in [-0.05, 0) is 25.3 Å². The minimum Gasteiger partial charge on any atom is -0.448 e. The Morgan fingerprint density at radius 1 is 1.21 bits per heavy atom. The van der Waals surface area contributed by atoms with Crippen molar-refractivity contribution in [2.24, 2.45) is 0 Å². The van der Waals surface area contributed by atoms with Crippen LogP contribution >= 0.6 is 0 Å². The highest BCUT2D eigenvalue weighted by atomic mass is 16.5. The Hall–Kier alpha value is -2.22. The molecule has 0 saturated carbocycles. The highest BCUT2D eigenvalue weighted by Gasteiger charge is 2.39. The summed E-state index contributed by atoms with van der Waals surface area (Å²) in [5.74, 6) is 0.410. The average molecular weight is 385 g/mol. The fourth-order valence-corrected chi connectivity index (χ4v) is 4.16. The van der Waals surface area contributed by atoms with E-state index in [0.29, 0.717) is 24.6 Å². The predicted octanol–water partition coefficient (Wildman–Crippen LogP) is 2.02. The van der Waals surface area contributed by atoms with Crippen LogP contribution in [0.2, 0.25) is 0 Å². The summed E-state index contributed by atoms with van der Waals surface area (Å²) in [7, 11) is 0. The van der Waals surface area contributed by atoms with E-state index in [9.17, 15) is 9.90 Å². The zero-order valence-corrected chi connectivity index (χ0v) is 16.2. The summed E-state index contributed by atoms with van der Waals surface area (Å²) in [4.78, 5) is 21.6. The van der Waals surface area contributed by atoms with Crippen molar-refractivity contribution in [1.82, 2.24) is 14.8 Å². The molecule has 2 atom stereocenters. The van der Waals surface area contributed by atoms with E-state index in [1.807, 2.05) is 35.2 Å². The van der Waals surface area contributed by atoms with Gasteiger partial charge in [0.2, 0.25) is 0 Å². The van der Waals surface area contributed by atoms with Crippen LogP contribution in [0.15, 0.2) is 41.1 Å². The summed E-state index contributed by atoms with van der Waals surface area (Å²) in [5, 5.41) is 9.78. The topological polar surface area (TPSA) is 79.0 Å². The van der Waals surface area contributed by atoms with Crippen LogP contribution in [0.25, 0.3) is 0 Å². The molecule has 7 nitrogen and oxygen atoms in total. The summed E-state index contributed by atoms with van der Waals surface area (Å²) in [5.41, 5.74) is 1.42. The van der Waals surface area contributed by atoms with Crippen LogP contribution < -0.4 is 0 Å². The monoisotopic (exact) mass is 385 g/mol. The Morgan fingerprint density at radius 3 is 2.64 bits per heavy atom. The lowest BCUT2D eigenvalue weighted by molar-refractivity contribution is -0.0772. The second-order valence-electron chi connectivity index (χ2n) is 7.55. The van der Waals surface area contributed by atoms with Crippen molar-refractivity contribution in [2.45, 2.75) is 38.0 Å². The third-order valence-electron chi connectivity index (χ3n) is 5.70. The van der Waals surface area contributed by atoms with Crippen molar-refractivity contribution in [3.8, 4) is 0 Å². The molecule has 0 aliphatic carbocycles. The molecular formula is C21H27N3O4. The first-order valence-corrected chi connectivity index (χ1v) is 9.91. The third-order valence-corrected chi connectivity index (χ3v) is 5.70. The SMILES string of the molecule is Cc1ocnc1C(=O)N1CCO[C@@H](CN2CCC(O)CC2)[C@@H]1c1ccccc1. The maximum Gasteiger partial charge on any atom is 0.276 e. The number of benzene rings is 1. The maximum absolute atomic E-state index is 13.2. The lowest BCUT2D eigenvalue weighted by atomic mass is 9.96. The maximum atomic E-state index is 13.2. The molecule has 2 aromatic rings. The van der Waals surface area contributed by atoms with Gasteiger partial charge >= 0.3 is 0 Å². The van der Waals surface area contributed by atoms with Crippen molar-refractivity contribution in [1.29, 1.82) is 0 Å². The predicted molar refractivity (Wildman–Crippen MR) is 103 cm³/mol. The van der Waals surface area contributed by atoms with Crippen molar-refractivity contribution in [2.75, 3.05) is 32.8 Å². The number of carbonyl (C=O) groups excluding carboxylic acids is 1. The smallest absolute Gasteiger partial charge is 0.276 e.